The second-order valence-electron chi connectivity index (χ2n) is 8.80. The molecule has 1 amide bonds. The summed E-state index contributed by atoms with van der Waals surface area (Å²) in [4.78, 5) is 29.5. The van der Waals surface area contributed by atoms with E-state index in [9.17, 15) is 14.7 Å². The molecular formula is C27H33N2O7+. The van der Waals surface area contributed by atoms with Crippen LogP contribution in [-0.4, -0.2) is 82.4 Å². The van der Waals surface area contributed by atoms with Crippen LogP contribution < -0.4 is 19.1 Å². The van der Waals surface area contributed by atoms with Gasteiger partial charge in [0.25, 0.3) is 11.7 Å². The molecule has 1 atom stereocenters. The Morgan fingerprint density at radius 1 is 1.00 bits per heavy atom. The number of nitrogens with one attached hydrogen (secondary N) is 1. The van der Waals surface area contributed by atoms with Crippen LogP contribution >= 0.6 is 0 Å². The number of amides is 1. The smallest absolute Gasteiger partial charge is 0.295 e. The molecule has 192 valence electrons. The number of benzene rings is 2. The first kappa shape index (κ1) is 25.5. The van der Waals surface area contributed by atoms with Crippen molar-refractivity contribution in [3.63, 3.8) is 0 Å². The standard InChI is InChI=1S/C27H32N2O7/c1-33-20-8-5-18(6-9-20)24-23(25(30)19-7-10-21(34-2)22(17-19)35-3)26(31)27(32)29(24)12-4-11-28-13-15-36-16-14-28/h5-10,17,24,30H,4,11-16H2,1-3H3/p+1/t24-/m1/s1. The highest BCUT2D eigenvalue weighted by molar-refractivity contribution is 6.46. The van der Waals surface area contributed by atoms with E-state index in [1.807, 2.05) is 12.1 Å². The molecule has 0 saturated carbocycles. The minimum absolute atomic E-state index is 0.0520. The minimum atomic E-state index is -0.719. The lowest BCUT2D eigenvalue weighted by Crippen LogP contribution is -3.14. The van der Waals surface area contributed by atoms with Crippen molar-refractivity contribution in [1.82, 2.24) is 4.90 Å². The van der Waals surface area contributed by atoms with E-state index in [2.05, 4.69) is 0 Å². The van der Waals surface area contributed by atoms with Crippen molar-refractivity contribution in [2.75, 3.05) is 60.7 Å². The van der Waals surface area contributed by atoms with E-state index in [0.29, 0.717) is 29.4 Å². The molecule has 0 radical (unpaired) electrons. The summed E-state index contributed by atoms with van der Waals surface area (Å²) in [5.41, 5.74) is 1.13. The number of hydrogen-bond acceptors (Lipinski definition) is 7. The molecule has 2 saturated heterocycles. The van der Waals surface area contributed by atoms with Gasteiger partial charge >= 0.3 is 0 Å². The summed E-state index contributed by atoms with van der Waals surface area (Å²) in [5, 5.41) is 11.3. The predicted molar refractivity (Wildman–Crippen MR) is 133 cm³/mol. The van der Waals surface area contributed by atoms with Gasteiger partial charge in [-0.2, -0.15) is 0 Å². The van der Waals surface area contributed by atoms with Crippen molar-refractivity contribution >= 4 is 17.4 Å². The molecule has 2 heterocycles. The fourth-order valence-corrected chi connectivity index (χ4v) is 4.79. The van der Waals surface area contributed by atoms with Crippen molar-refractivity contribution in [2.24, 2.45) is 0 Å². The zero-order chi connectivity index (χ0) is 25.7. The van der Waals surface area contributed by atoms with Crippen LogP contribution in [0.15, 0.2) is 48.0 Å². The fourth-order valence-electron chi connectivity index (χ4n) is 4.79. The van der Waals surface area contributed by atoms with E-state index in [-0.39, 0.29) is 11.3 Å². The van der Waals surface area contributed by atoms with Crippen molar-refractivity contribution in [2.45, 2.75) is 12.5 Å². The number of carbonyl (C=O) groups excluding carboxylic acids is 2. The number of ketones is 1. The second-order valence-corrected chi connectivity index (χ2v) is 8.80. The fraction of sp³-hybridized carbons (Fsp3) is 0.407. The van der Waals surface area contributed by atoms with Crippen LogP contribution in [0.1, 0.15) is 23.6 Å². The summed E-state index contributed by atoms with van der Waals surface area (Å²) < 4.78 is 21.3. The maximum Gasteiger partial charge on any atom is 0.295 e. The maximum absolute atomic E-state index is 13.3. The van der Waals surface area contributed by atoms with Crippen LogP contribution in [0, 0.1) is 0 Å². The molecule has 36 heavy (non-hydrogen) atoms. The molecule has 2 aromatic carbocycles. The largest absolute Gasteiger partial charge is 0.507 e. The molecule has 9 heteroatoms. The third-order valence-electron chi connectivity index (χ3n) is 6.76. The van der Waals surface area contributed by atoms with Gasteiger partial charge in [0.05, 0.1) is 52.7 Å². The summed E-state index contributed by atoms with van der Waals surface area (Å²) in [6.45, 7) is 4.60. The van der Waals surface area contributed by atoms with Crippen LogP contribution in [-0.2, 0) is 14.3 Å². The quantitative estimate of drug-likeness (QED) is 0.307. The van der Waals surface area contributed by atoms with Gasteiger partial charge in [0, 0.05) is 18.5 Å². The number of methoxy groups -OCH3 is 3. The predicted octanol–water partition coefficient (Wildman–Crippen LogP) is 1.44. The van der Waals surface area contributed by atoms with Crippen LogP contribution in [0.5, 0.6) is 17.2 Å². The Bertz CT molecular complexity index is 1120. The summed E-state index contributed by atoms with van der Waals surface area (Å²) in [7, 11) is 4.59. The summed E-state index contributed by atoms with van der Waals surface area (Å²) in [5.74, 6) is -0.0170. The van der Waals surface area contributed by atoms with Gasteiger partial charge in [-0.15, -0.1) is 0 Å². The Labute approximate surface area is 210 Å². The van der Waals surface area contributed by atoms with Crippen molar-refractivity contribution in [3.8, 4) is 17.2 Å². The second kappa shape index (κ2) is 11.5. The van der Waals surface area contributed by atoms with Gasteiger partial charge in [0.1, 0.15) is 24.6 Å². The van der Waals surface area contributed by atoms with Crippen molar-refractivity contribution in [1.29, 1.82) is 0 Å². The van der Waals surface area contributed by atoms with Gasteiger partial charge in [-0.3, -0.25) is 9.59 Å². The SMILES string of the molecule is COc1ccc([C@@H]2C(=C(O)c3ccc(OC)c(OC)c3)C(=O)C(=O)N2CCC[NH+]2CCOCC2)cc1. The van der Waals surface area contributed by atoms with Crippen LogP contribution in [0.25, 0.3) is 5.76 Å². The lowest BCUT2D eigenvalue weighted by molar-refractivity contribution is -0.908. The first-order valence-electron chi connectivity index (χ1n) is 12.0. The van der Waals surface area contributed by atoms with E-state index in [1.165, 1.54) is 19.1 Å². The van der Waals surface area contributed by atoms with Gasteiger partial charge in [-0.05, 0) is 35.9 Å². The van der Waals surface area contributed by atoms with Gasteiger partial charge in [-0.25, -0.2) is 0 Å². The van der Waals surface area contributed by atoms with E-state index in [0.717, 1.165) is 44.8 Å². The molecule has 2 aliphatic rings. The molecule has 2 fully saturated rings. The van der Waals surface area contributed by atoms with Crippen molar-refractivity contribution in [3.05, 3.63) is 59.2 Å². The number of aliphatic hydroxyl groups excluding tert-OH is 1. The van der Waals surface area contributed by atoms with Crippen LogP contribution in [0.3, 0.4) is 0 Å². The average Bonchev–Trinajstić information content (AvgIpc) is 3.18. The Morgan fingerprint density at radius 2 is 1.69 bits per heavy atom. The number of morpholine rings is 1. The molecule has 2 aromatic rings. The highest BCUT2D eigenvalue weighted by atomic mass is 16.5. The van der Waals surface area contributed by atoms with Gasteiger partial charge < -0.3 is 33.9 Å². The van der Waals surface area contributed by atoms with Crippen molar-refractivity contribution < 1.29 is 38.5 Å². The zero-order valence-electron chi connectivity index (χ0n) is 20.9. The Hall–Kier alpha value is -3.56. The number of hydrogen-bond donors (Lipinski definition) is 2. The number of aliphatic hydroxyl groups is 1. The Morgan fingerprint density at radius 3 is 2.33 bits per heavy atom. The normalized spacial score (nSPS) is 20.0. The molecule has 9 nitrogen and oxygen atoms in total. The third kappa shape index (κ3) is 5.17. The first-order valence-corrected chi connectivity index (χ1v) is 12.0. The number of Topliss-reactive ketones (excluding diaryl/α,β-unsaturated/α-hetero) is 1. The number of ether oxygens (including phenoxy) is 4. The van der Waals surface area contributed by atoms with Gasteiger partial charge in [0.15, 0.2) is 11.5 Å². The highest BCUT2D eigenvalue weighted by Gasteiger charge is 2.46. The molecular weight excluding hydrogens is 464 g/mol. The zero-order valence-corrected chi connectivity index (χ0v) is 20.9. The number of nitrogens with zero attached hydrogens (tertiary/aromatic N) is 1. The molecule has 0 bridgehead atoms. The monoisotopic (exact) mass is 497 g/mol. The average molecular weight is 498 g/mol. The summed E-state index contributed by atoms with van der Waals surface area (Å²) >= 11 is 0. The molecule has 2 N–H and O–H groups in total. The minimum Gasteiger partial charge on any atom is -0.507 e. The molecule has 0 unspecified atom stereocenters. The summed E-state index contributed by atoms with van der Waals surface area (Å²) in [6, 6.07) is 11.4. The number of quaternary nitrogens is 1. The maximum atomic E-state index is 13.3. The third-order valence-corrected chi connectivity index (χ3v) is 6.76. The molecule has 4 rings (SSSR count). The lowest BCUT2D eigenvalue weighted by atomic mass is 9.95. The topological polar surface area (TPSA) is 99.0 Å². The first-order chi connectivity index (χ1) is 17.5. The number of rotatable bonds is 9. The van der Waals surface area contributed by atoms with Gasteiger partial charge in [0.2, 0.25) is 0 Å². The Kier molecular flexibility index (Phi) is 8.12. The Balaban J connectivity index is 1.70. The van der Waals surface area contributed by atoms with Crippen LogP contribution in [0.2, 0.25) is 0 Å². The summed E-state index contributed by atoms with van der Waals surface area (Å²) in [6.07, 6.45) is 0.728. The van der Waals surface area contributed by atoms with E-state index in [4.69, 9.17) is 18.9 Å². The van der Waals surface area contributed by atoms with Crippen LogP contribution in [0.4, 0.5) is 0 Å². The molecule has 0 spiro atoms. The molecule has 0 aliphatic carbocycles. The van der Waals surface area contributed by atoms with E-state index >= 15 is 0 Å². The van der Waals surface area contributed by atoms with E-state index in [1.54, 1.807) is 42.3 Å². The van der Waals surface area contributed by atoms with Gasteiger partial charge in [-0.1, -0.05) is 12.1 Å². The lowest BCUT2D eigenvalue weighted by Gasteiger charge is -2.27. The molecule has 0 aromatic heterocycles. The van der Waals surface area contributed by atoms with E-state index < -0.39 is 17.7 Å². The number of likely N-dealkylation sites (tertiary alicyclic amines) is 1. The number of carbonyl (C=O) groups is 2. The molecule has 2 aliphatic heterocycles. The highest BCUT2D eigenvalue weighted by Crippen LogP contribution is 2.41.